The number of anilines is 2. The van der Waals surface area contributed by atoms with Crippen LogP contribution >= 0.6 is 23.2 Å². The van der Waals surface area contributed by atoms with Crippen LogP contribution < -0.4 is 9.64 Å². The van der Waals surface area contributed by atoms with Gasteiger partial charge in [-0.25, -0.2) is 0 Å². The molecular weight excluding hydrogens is 319 g/mol. The smallest absolute Gasteiger partial charge is 0.171 e. The van der Waals surface area contributed by atoms with E-state index in [9.17, 15) is 0 Å². The summed E-state index contributed by atoms with van der Waals surface area (Å²) in [4.78, 5) is 6.91. The molecule has 0 fully saturated rings. The van der Waals surface area contributed by atoms with Crippen molar-refractivity contribution in [1.29, 1.82) is 0 Å². The number of nitrogens with zero attached hydrogens (tertiary/aromatic N) is 2. The lowest BCUT2D eigenvalue weighted by Gasteiger charge is -2.33. The first-order chi connectivity index (χ1) is 10.6. The maximum atomic E-state index is 6.35. The Balaban J connectivity index is 1.94. The number of aliphatic imine (C=N–C) groups is 1. The van der Waals surface area contributed by atoms with Crippen LogP contribution in [0.3, 0.4) is 0 Å². The van der Waals surface area contributed by atoms with Crippen molar-refractivity contribution in [2.24, 2.45) is 4.99 Å². The Labute approximate surface area is 139 Å². The summed E-state index contributed by atoms with van der Waals surface area (Å²) >= 11 is 12.5. The first kappa shape index (κ1) is 13.9. The molecule has 0 radical (unpaired) electrons. The van der Waals surface area contributed by atoms with Gasteiger partial charge in [-0.3, -0.25) is 9.89 Å². The number of hydrogen-bond donors (Lipinski definition) is 0. The van der Waals surface area contributed by atoms with E-state index in [4.69, 9.17) is 32.9 Å². The molecule has 2 aromatic rings. The van der Waals surface area contributed by atoms with E-state index in [1.54, 1.807) is 6.07 Å². The SMILES string of the molecule is CC1CCC(N2c3ccccc3Oc3c2ccc(Cl)c3Cl)=N1. The van der Waals surface area contributed by atoms with Gasteiger partial charge < -0.3 is 4.74 Å². The quantitative estimate of drug-likeness (QED) is 0.607. The van der Waals surface area contributed by atoms with E-state index in [1.807, 2.05) is 30.3 Å². The van der Waals surface area contributed by atoms with Crippen LogP contribution in [-0.4, -0.2) is 11.9 Å². The Hall–Kier alpha value is -1.71. The van der Waals surface area contributed by atoms with Crippen LogP contribution in [0.15, 0.2) is 41.4 Å². The summed E-state index contributed by atoms with van der Waals surface area (Å²) in [6.07, 6.45) is 2.00. The summed E-state index contributed by atoms with van der Waals surface area (Å²) in [6, 6.07) is 12.0. The summed E-state index contributed by atoms with van der Waals surface area (Å²) in [5, 5.41) is 0.923. The standard InChI is InChI=1S/C17H14Cl2N2O/c1-10-6-9-15(20-10)21-12-4-2-3-5-14(12)22-17-13(21)8-7-11(18)16(17)19/h2-5,7-8,10H,6,9H2,1H3. The van der Waals surface area contributed by atoms with Crippen LogP contribution in [-0.2, 0) is 0 Å². The van der Waals surface area contributed by atoms with Crippen LogP contribution in [0.4, 0.5) is 11.4 Å². The Morgan fingerprint density at radius 2 is 1.95 bits per heavy atom. The molecule has 0 amide bonds. The Bertz CT molecular complexity index is 788. The Morgan fingerprint density at radius 3 is 2.73 bits per heavy atom. The zero-order valence-electron chi connectivity index (χ0n) is 12.0. The molecule has 4 rings (SSSR count). The number of ether oxygens (including phenoxy) is 1. The van der Waals surface area contributed by atoms with E-state index in [0.29, 0.717) is 21.8 Å². The minimum atomic E-state index is 0.344. The third-order valence-electron chi connectivity index (χ3n) is 4.00. The van der Waals surface area contributed by atoms with Crippen molar-refractivity contribution in [3.8, 4) is 11.5 Å². The van der Waals surface area contributed by atoms with Crippen molar-refractivity contribution in [2.75, 3.05) is 4.90 Å². The highest BCUT2D eigenvalue weighted by molar-refractivity contribution is 6.43. The average Bonchev–Trinajstić information content (AvgIpc) is 2.95. The second-order valence-electron chi connectivity index (χ2n) is 5.55. The molecule has 0 saturated heterocycles. The maximum absolute atomic E-state index is 6.35. The number of halogens is 2. The third-order valence-corrected chi connectivity index (χ3v) is 4.79. The van der Waals surface area contributed by atoms with Gasteiger partial charge in [0.1, 0.15) is 10.9 Å². The number of rotatable bonds is 0. The van der Waals surface area contributed by atoms with Gasteiger partial charge in [0.25, 0.3) is 0 Å². The van der Waals surface area contributed by atoms with E-state index < -0.39 is 0 Å². The predicted molar refractivity (Wildman–Crippen MR) is 91.2 cm³/mol. The molecule has 1 atom stereocenters. The largest absolute Gasteiger partial charge is 0.451 e. The summed E-state index contributed by atoms with van der Waals surface area (Å²) in [5.74, 6) is 2.40. The second-order valence-corrected chi connectivity index (χ2v) is 6.33. The van der Waals surface area contributed by atoms with Crippen molar-refractivity contribution in [1.82, 2.24) is 0 Å². The molecule has 0 spiro atoms. The zero-order chi connectivity index (χ0) is 15.3. The van der Waals surface area contributed by atoms with Crippen molar-refractivity contribution in [3.63, 3.8) is 0 Å². The molecule has 2 heterocycles. The van der Waals surface area contributed by atoms with Crippen LogP contribution in [0.25, 0.3) is 0 Å². The van der Waals surface area contributed by atoms with Crippen LogP contribution in [0, 0.1) is 0 Å². The van der Waals surface area contributed by atoms with Crippen LogP contribution in [0.5, 0.6) is 11.5 Å². The molecular formula is C17H14Cl2N2O. The first-order valence-electron chi connectivity index (χ1n) is 7.27. The Morgan fingerprint density at radius 1 is 1.14 bits per heavy atom. The van der Waals surface area contributed by atoms with E-state index >= 15 is 0 Å². The lowest BCUT2D eigenvalue weighted by molar-refractivity contribution is 0.478. The van der Waals surface area contributed by atoms with Crippen LogP contribution in [0.1, 0.15) is 19.8 Å². The molecule has 5 heteroatoms. The maximum Gasteiger partial charge on any atom is 0.171 e. The fraction of sp³-hybridized carbons (Fsp3) is 0.235. The summed E-state index contributed by atoms with van der Waals surface area (Å²) in [7, 11) is 0. The average molecular weight is 333 g/mol. The number of amidine groups is 1. The molecule has 0 bridgehead atoms. The van der Waals surface area contributed by atoms with E-state index in [0.717, 1.165) is 35.8 Å². The van der Waals surface area contributed by atoms with Gasteiger partial charge in [0, 0.05) is 12.5 Å². The number of fused-ring (bicyclic) bond motifs is 2. The van der Waals surface area contributed by atoms with Gasteiger partial charge in [-0.1, -0.05) is 35.3 Å². The monoisotopic (exact) mass is 332 g/mol. The van der Waals surface area contributed by atoms with Gasteiger partial charge in [-0.15, -0.1) is 0 Å². The molecule has 0 N–H and O–H groups in total. The van der Waals surface area contributed by atoms with Gasteiger partial charge in [-0.05, 0) is 37.6 Å². The molecule has 2 aromatic carbocycles. The summed E-state index contributed by atoms with van der Waals surface area (Å²) in [5.41, 5.74) is 1.88. The highest BCUT2D eigenvalue weighted by Crippen LogP contribution is 2.52. The molecule has 1 unspecified atom stereocenters. The van der Waals surface area contributed by atoms with Crippen LogP contribution in [0.2, 0.25) is 10.0 Å². The molecule has 0 aliphatic carbocycles. The second kappa shape index (κ2) is 5.18. The normalized spacial score (nSPS) is 19.3. The molecule has 0 saturated carbocycles. The van der Waals surface area contributed by atoms with Crippen molar-refractivity contribution < 1.29 is 4.74 Å². The molecule has 112 valence electrons. The fourth-order valence-electron chi connectivity index (χ4n) is 2.93. The van der Waals surface area contributed by atoms with E-state index in [-0.39, 0.29) is 0 Å². The minimum Gasteiger partial charge on any atom is -0.451 e. The topological polar surface area (TPSA) is 24.8 Å². The lowest BCUT2D eigenvalue weighted by atomic mass is 10.1. The van der Waals surface area contributed by atoms with Crippen molar-refractivity contribution in [3.05, 3.63) is 46.4 Å². The van der Waals surface area contributed by atoms with Crippen molar-refractivity contribution >= 4 is 40.4 Å². The van der Waals surface area contributed by atoms with Gasteiger partial charge in [-0.2, -0.15) is 0 Å². The lowest BCUT2D eigenvalue weighted by Crippen LogP contribution is -2.27. The van der Waals surface area contributed by atoms with Gasteiger partial charge >= 0.3 is 0 Å². The van der Waals surface area contributed by atoms with Gasteiger partial charge in [0.05, 0.1) is 16.4 Å². The fourth-order valence-corrected chi connectivity index (χ4v) is 3.28. The molecule has 2 aliphatic heterocycles. The number of benzene rings is 2. The van der Waals surface area contributed by atoms with Gasteiger partial charge in [0.2, 0.25) is 0 Å². The van der Waals surface area contributed by atoms with E-state index in [1.165, 1.54) is 0 Å². The highest BCUT2D eigenvalue weighted by atomic mass is 35.5. The minimum absolute atomic E-state index is 0.344. The molecule has 22 heavy (non-hydrogen) atoms. The Kier molecular flexibility index (Phi) is 3.28. The van der Waals surface area contributed by atoms with Crippen molar-refractivity contribution in [2.45, 2.75) is 25.8 Å². The predicted octanol–water partition coefficient (Wildman–Crippen LogP) is 5.82. The summed E-state index contributed by atoms with van der Waals surface area (Å²) < 4.78 is 5.99. The molecule has 2 aliphatic rings. The highest BCUT2D eigenvalue weighted by Gasteiger charge is 2.31. The van der Waals surface area contributed by atoms with E-state index in [2.05, 4.69) is 11.8 Å². The summed E-state index contributed by atoms with van der Waals surface area (Å²) in [6.45, 7) is 2.13. The molecule has 0 aromatic heterocycles. The zero-order valence-corrected chi connectivity index (χ0v) is 13.5. The van der Waals surface area contributed by atoms with Gasteiger partial charge in [0.15, 0.2) is 11.5 Å². The number of hydrogen-bond acceptors (Lipinski definition) is 3. The molecule has 3 nitrogen and oxygen atoms in total. The third kappa shape index (κ3) is 2.08. The first-order valence-corrected chi connectivity index (χ1v) is 8.02. The number of para-hydroxylation sites is 2.